The Balaban J connectivity index is 1.86. The number of fused-ring (bicyclic) bond motifs is 2. The van der Waals surface area contributed by atoms with Crippen LogP contribution in [0.4, 0.5) is 17.1 Å². The topological polar surface area (TPSA) is 84.6 Å². The summed E-state index contributed by atoms with van der Waals surface area (Å²) in [6.07, 6.45) is 1.20. The van der Waals surface area contributed by atoms with Crippen LogP contribution in [0.25, 0.3) is 0 Å². The van der Waals surface area contributed by atoms with Crippen LogP contribution >= 0.6 is 0 Å². The van der Waals surface area contributed by atoms with E-state index in [1.54, 1.807) is 12.1 Å². The molecule has 0 aromatic heterocycles. The van der Waals surface area contributed by atoms with Crippen molar-refractivity contribution < 1.29 is 9.72 Å². The highest BCUT2D eigenvalue weighted by Crippen LogP contribution is 2.45. The van der Waals surface area contributed by atoms with E-state index in [1.807, 2.05) is 30.3 Å². The molecule has 1 saturated carbocycles. The lowest BCUT2D eigenvalue weighted by Crippen LogP contribution is -2.42. The summed E-state index contributed by atoms with van der Waals surface area (Å²) < 4.78 is 0. The van der Waals surface area contributed by atoms with Crippen LogP contribution in [0, 0.1) is 21.4 Å². The molecule has 0 bridgehead atoms. The van der Waals surface area contributed by atoms with Gasteiger partial charge in [-0.25, -0.2) is 0 Å². The number of carbonyl (C=O) groups excluding carboxylic acids is 1. The van der Waals surface area contributed by atoms with Gasteiger partial charge >= 0.3 is 0 Å². The molecule has 1 unspecified atom stereocenters. The molecule has 138 valence electrons. The fraction of sp³-hybridized carbons (Fsp3) is 0.333. The van der Waals surface area contributed by atoms with E-state index < -0.39 is 10.8 Å². The molecular weight excluding hydrogens is 342 g/mol. The summed E-state index contributed by atoms with van der Waals surface area (Å²) in [5, 5.41) is 14.7. The van der Waals surface area contributed by atoms with Gasteiger partial charge in [0.25, 0.3) is 5.69 Å². The molecular formula is C21H21N3O3. The second-order valence-corrected chi connectivity index (χ2v) is 8.06. The van der Waals surface area contributed by atoms with Crippen LogP contribution in [0.3, 0.4) is 0 Å². The molecule has 1 aliphatic carbocycles. The number of carbonyl (C=O) groups is 1. The van der Waals surface area contributed by atoms with E-state index in [4.69, 9.17) is 4.99 Å². The number of rotatable bonds is 2. The Morgan fingerprint density at radius 1 is 1.15 bits per heavy atom. The average molecular weight is 363 g/mol. The van der Waals surface area contributed by atoms with Gasteiger partial charge in [0.2, 0.25) is 0 Å². The van der Waals surface area contributed by atoms with Gasteiger partial charge in [-0.1, -0.05) is 38.1 Å². The zero-order valence-electron chi connectivity index (χ0n) is 15.3. The number of nitrogens with zero attached hydrogens (tertiary/aromatic N) is 2. The molecule has 2 atom stereocenters. The lowest BCUT2D eigenvalue weighted by Gasteiger charge is -2.37. The predicted molar refractivity (Wildman–Crippen MR) is 105 cm³/mol. The number of nitrogens with one attached hydrogen (secondary N) is 1. The molecule has 0 saturated heterocycles. The second kappa shape index (κ2) is 6.30. The summed E-state index contributed by atoms with van der Waals surface area (Å²) in [7, 11) is 0. The van der Waals surface area contributed by atoms with Crippen molar-refractivity contribution >= 4 is 28.6 Å². The lowest BCUT2D eigenvalue weighted by atomic mass is 9.68. The van der Waals surface area contributed by atoms with Crippen LogP contribution in [0.5, 0.6) is 0 Å². The zero-order valence-corrected chi connectivity index (χ0v) is 15.3. The molecule has 4 rings (SSSR count). The fourth-order valence-corrected chi connectivity index (χ4v) is 4.12. The van der Waals surface area contributed by atoms with Gasteiger partial charge in [-0.15, -0.1) is 0 Å². The molecule has 1 heterocycles. The van der Waals surface area contributed by atoms with Crippen molar-refractivity contribution in [1.82, 2.24) is 0 Å². The molecule has 0 spiro atoms. The first kappa shape index (κ1) is 17.4. The highest BCUT2D eigenvalue weighted by molar-refractivity contribution is 6.10. The van der Waals surface area contributed by atoms with Gasteiger partial charge in [-0.2, -0.15) is 0 Å². The molecule has 2 aromatic carbocycles. The van der Waals surface area contributed by atoms with Crippen LogP contribution in [-0.4, -0.2) is 16.4 Å². The summed E-state index contributed by atoms with van der Waals surface area (Å²) in [5.41, 5.74) is 3.10. The van der Waals surface area contributed by atoms with Crippen LogP contribution in [0.15, 0.2) is 53.5 Å². The minimum absolute atomic E-state index is 0.0221. The molecule has 1 fully saturated rings. The third kappa shape index (κ3) is 3.23. The predicted octanol–water partition coefficient (Wildman–Crippen LogP) is 4.84. The van der Waals surface area contributed by atoms with Crippen molar-refractivity contribution in [2.75, 3.05) is 5.32 Å². The van der Waals surface area contributed by atoms with Crippen molar-refractivity contribution in [3.05, 3.63) is 64.2 Å². The van der Waals surface area contributed by atoms with Crippen molar-refractivity contribution in [2.45, 2.75) is 32.7 Å². The fourth-order valence-electron chi connectivity index (χ4n) is 4.12. The van der Waals surface area contributed by atoms with Crippen molar-refractivity contribution in [3.8, 4) is 0 Å². The third-order valence-corrected chi connectivity index (χ3v) is 5.27. The maximum Gasteiger partial charge on any atom is 0.269 e. The van der Waals surface area contributed by atoms with E-state index >= 15 is 0 Å². The Morgan fingerprint density at radius 3 is 2.70 bits per heavy atom. The molecule has 1 aliphatic heterocycles. The summed E-state index contributed by atoms with van der Waals surface area (Å²) in [5.74, 6) is -0.297. The first-order valence-electron chi connectivity index (χ1n) is 9.04. The molecule has 1 N–H and O–H groups in total. The Morgan fingerprint density at radius 2 is 1.93 bits per heavy atom. The number of hydrogen-bond acceptors (Lipinski definition) is 5. The third-order valence-electron chi connectivity index (χ3n) is 5.27. The largest absolute Gasteiger partial charge is 0.375 e. The van der Waals surface area contributed by atoms with Gasteiger partial charge in [0.1, 0.15) is 5.78 Å². The molecule has 0 radical (unpaired) electrons. The van der Waals surface area contributed by atoms with Gasteiger partial charge in [0.05, 0.1) is 28.3 Å². The van der Waals surface area contributed by atoms with Gasteiger partial charge in [0, 0.05) is 24.3 Å². The number of benzene rings is 2. The normalized spacial score (nSPS) is 23.3. The van der Waals surface area contributed by atoms with Crippen LogP contribution in [0.2, 0.25) is 0 Å². The number of anilines is 1. The maximum atomic E-state index is 13.1. The Labute approximate surface area is 157 Å². The second-order valence-electron chi connectivity index (χ2n) is 8.06. The molecule has 2 aromatic rings. The summed E-state index contributed by atoms with van der Waals surface area (Å²) >= 11 is 0. The number of para-hydroxylation sites is 2. The SMILES string of the molecule is CC1(C)CC(=O)C2C(=Nc3ccccc3N[C@H]2c2cccc([N+](=O)[O-])c2)C1. The number of aliphatic imine (C=N–C) groups is 1. The number of ketones is 1. The van der Waals surface area contributed by atoms with Gasteiger partial charge < -0.3 is 5.32 Å². The Bertz CT molecular complexity index is 965. The smallest absolute Gasteiger partial charge is 0.269 e. The number of Topliss-reactive ketones (excluding diaryl/α,β-unsaturated/α-hetero) is 1. The van der Waals surface area contributed by atoms with E-state index in [0.29, 0.717) is 6.42 Å². The van der Waals surface area contributed by atoms with E-state index in [2.05, 4.69) is 19.2 Å². The first-order valence-corrected chi connectivity index (χ1v) is 9.04. The highest BCUT2D eigenvalue weighted by atomic mass is 16.6. The lowest BCUT2D eigenvalue weighted by molar-refractivity contribution is -0.384. The van der Waals surface area contributed by atoms with Crippen LogP contribution < -0.4 is 5.32 Å². The van der Waals surface area contributed by atoms with Crippen LogP contribution in [-0.2, 0) is 4.79 Å². The maximum absolute atomic E-state index is 13.1. The zero-order chi connectivity index (χ0) is 19.2. The molecule has 2 aliphatic rings. The van der Waals surface area contributed by atoms with Crippen molar-refractivity contribution in [3.63, 3.8) is 0 Å². The quantitative estimate of drug-likeness (QED) is 0.611. The van der Waals surface area contributed by atoms with E-state index in [0.717, 1.165) is 29.1 Å². The van der Waals surface area contributed by atoms with Crippen molar-refractivity contribution in [1.29, 1.82) is 0 Å². The number of hydrogen-bond donors (Lipinski definition) is 1. The Kier molecular flexibility index (Phi) is 4.06. The molecule has 27 heavy (non-hydrogen) atoms. The summed E-state index contributed by atoms with van der Waals surface area (Å²) in [6.45, 7) is 4.16. The summed E-state index contributed by atoms with van der Waals surface area (Å²) in [4.78, 5) is 28.8. The van der Waals surface area contributed by atoms with Gasteiger partial charge in [-0.05, 0) is 29.5 Å². The van der Waals surface area contributed by atoms with E-state index in [1.165, 1.54) is 6.07 Å². The van der Waals surface area contributed by atoms with Gasteiger partial charge in [-0.3, -0.25) is 19.9 Å². The van der Waals surface area contributed by atoms with E-state index in [-0.39, 0.29) is 22.9 Å². The minimum Gasteiger partial charge on any atom is -0.375 e. The minimum atomic E-state index is -0.424. The number of nitro groups is 1. The average Bonchev–Trinajstić information content (AvgIpc) is 2.77. The van der Waals surface area contributed by atoms with Crippen molar-refractivity contribution in [2.24, 2.45) is 16.3 Å². The van der Waals surface area contributed by atoms with Gasteiger partial charge in [0.15, 0.2) is 0 Å². The standard InChI is InChI=1S/C21H21N3O3/c1-21(2)11-17-19(18(25)12-21)20(13-6-5-7-14(10-13)24(26)27)23-16-9-4-3-8-15(16)22-17/h3-10,19-20,23H,11-12H2,1-2H3/t19?,20-/m0/s1. The molecule has 0 amide bonds. The first-order chi connectivity index (χ1) is 12.8. The number of nitro benzene ring substituents is 1. The molecule has 6 nitrogen and oxygen atoms in total. The summed E-state index contributed by atoms with van der Waals surface area (Å²) in [6, 6.07) is 13.8. The monoisotopic (exact) mass is 363 g/mol. The number of non-ortho nitro benzene ring substituents is 1. The van der Waals surface area contributed by atoms with E-state index in [9.17, 15) is 14.9 Å². The van der Waals surface area contributed by atoms with Crippen LogP contribution in [0.1, 0.15) is 38.3 Å². The Hall–Kier alpha value is -3.02. The highest BCUT2D eigenvalue weighted by Gasteiger charge is 2.44. The molecule has 6 heteroatoms.